The maximum Gasteiger partial charge on any atom is 0.187 e. The fourth-order valence-corrected chi connectivity index (χ4v) is 20.1. The monoisotopic (exact) mass is 2050 g/mol. The molecule has 30 nitrogen and oxygen atoms in total. The van der Waals surface area contributed by atoms with Gasteiger partial charge in [0.15, 0.2) is 37.7 Å². The van der Waals surface area contributed by atoms with E-state index in [-0.39, 0.29) is 79.3 Å². The number of benzene rings is 12. The second-order valence-corrected chi connectivity index (χ2v) is 38.1. The molecule has 8 fully saturated rings. The predicted molar refractivity (Wildman–Crippen MR) is 544 cm³/mol. The van der Waals surface area contributed by atoms with E-state index in [0.717, 1.165) is 66.8 Å². The van der Waals surface area contributed by atoms with Crippen molar-refractivity contribution in [3.05, 3.63) is 431 Å². The third-order valence-electron chi connectivity index (χ3n) is 27.8. The average molecular weight is 2050 g/mol. The van der Waals surface area contributed by atoms with Gasteiger partial charge in [0.2, 0.25) is 0 Å². The van der Waals surface area contributed by atoms with Gasteiger partial charge in [0, 0.05) is 0 Å². The fraction of sp³-hybridized carbons (Fsp3) is 0.400. The van der Waals surface area contributed by atoms with Crippen LogP contribution in [0.5, 0.6) is 0 Å². The summed E-state index contributed by atoms with van der Waals surface area (Å²) in [5.41, 5.74) is 8.71. The van der Waals surface area contributed by atoms with Gasteiger partial charge in [0.05, 0.1) is 119 Å². The van der Waals surface area contributed by atoms with Crippen LogP contribution in [0.25, 0.3) is 0 Å². The first kappa shape index (κ1) is 108. The highest BCUT2D eigenvalue weighted by molar-refractivity contribution is 5.25. The summed E-state index contributed by atoms with van der Waals surface area (Å²) in [6.45, 7) is -5.96. The van der Waals surface area contributed by atoms with Crippen LogP contribution in [0, 0.1) is 0 Å². The zero-order chi connectivity index (χ0) is 102. The summed E-state index contributed by atoms with van der Waals surface area (Å²) in [4.78, 5) is 0. The molecule has 8 saturated heterocycles. The smallest absolute Gasteiger partial charge is 0.187 e. The fourth-order valence-electron chi connectivity index (χ4n) is 20.1. The number of aliphatic hydroxyl groups is 6. The van der Waals surface area contributed by atoms with Gasteiger partial charge in [0.1, 0.15) is 146 Å². The molecule has 20 rings (SSSR count). The first-order valence-corrected chi connectivity index (χ1v) is 51.5. The SMILES string of the molecule is OC[C@H]1O[C@@H]2O[C@H]3[C@H](OCc4ccccc4)[C@@H](OCc4ccccc4)[C@@H](O[C@H]4[C@H](OCc5ccccc5)[C@@H](OCc5ccccc5)[C@@H](O[C@H]5[C@H](OCc6ccccc6)[C@@H](OCc6ccccc6)[C@@H](O[C@H]6[C@H](OCc7ccccc7)[C@@H](OCc7ccccc7)[C@@H](O[C@H]7[C@H](OCc8ccccc8)[C@@H](OCc8ccccc8)[C@@H](O[C@H]1[C@H](OCc1ccccc1)[C@H]2OCc1ccccc1)O[C@@H]7CO)O[C@@H]6CO)O[C@@H]5CO)O[C@@H]4CO)O[C@@H]3CO. The van der Waals surface area contributed by atoms with Crippen molar-refractivity contribution in [2.24, 2.45) is 0 Å². The summed E-state index contributed by atoms with van der Waals surface area (Å²) in [7, 11) is 0. The third-order valence-corrected chi connectivity index (χ3v) is 27.8. The Morgan fingerprint density at radius 3 is 0.313 bits per heavy atom. The second-order valence-electron chi connectivity index (χ2n) is 38.1. The normalized spacial score (nSPS) is 30.7. The van der Waals surface area contributed by atoms with Crippen molar-refractivity contribution in [3.8, 4) is 0 Å². The van der Waals surface area contributed by atoms with Gasteiger partial charge in [-0.3, -0.25) is 0 Å². The second kappa shape index (κ2) is 55.3. The van der Waals surface area contributed by atoms with E-state index in [1.54, 1.807) is 0 Å². The third kappa shape index (κ3) is 28.2. The number of fused-ring (bicyclic) bond motifs is 2. The Kier molecular flexibility index (Phi) is 39.8. The van der Waals surface area contributed by atoms with Gasteiger partial charge in [-0.2, -0.15) is 0 Å². The van der Waals surface area contributed by atoms with Crippen LogP contribution >= 0.6 is 0 Å². The lowest BCUT2D eigenvalue weighted by atomic mass is 9.93. The van der Waals surface area contributed by atoms with Crippen molar-refractivity contribution in [3.63, 3.8) is 0 Å². The molecule has 792 valence electrons. The minimum Gasteiger partial charge on any atom is -0.394 e. The van der Waals surface area contributed by atoms with E-state index >= 15 is 0 Å². The number of hydrogen-bond donors (Lipinski definition) is 6. The Labute approximate surface area is 873 Å². The molecular weight excluding hydrogens is 1920 g/mol. The van der Waals surface area contributed by atoms with Crippen LogP contribution in [0.4, 0.5) is 0 Å². The molecule has 0 unspecified atom stereocenters. The van der Waals surface area contributed by atoms with E-state index in [1.807, 2.05) is 364 Å². The van der Waals surface area contributed by atoms with Crippen LogP contribution in [0.2, 0.25) is 0 Å². The zero-order valence-electron chi connectivity index (χ0n) is 83.2. The Morgan fingerprint density at radius 2 is 0.220 bits per heavy atom. The Bertz CT molecular complexity index is 4900. The Morgan fingerprint density at radius 1 is 0.127 bits per heavy atom. The standard InChI is InChI=1S/C120H132O30/c121-61-91-97-103(127-67-79-37-13-1-14-38-79)109(133-73-85-49-25-7-26-50-85)115(139-91)146-98-92(62-122)141-117(111(135-75-87-53-29-9-30-54-87)104(98)128-68-80-39-15-2-16-40-80)148-100-94(64-124)143-119(113(137-77-89-57-33-11-34-58-89)106(100)130-70-82-43-19-4-20-44-82)150-102-96(66-126)144-120(114(138-78-90-59-35-12-36-60-90)108(102)132-72-84-47-23-6-24-48-84)149-101-95(65-125)142-118(112(136-76-88-55-31-10-32-56-88)107(101)131-71-83-45-21-5-22-46-83)147-99-93(63-123)140-116(145-97)110(134-74-86-51-27-8-28-52-86)105(99)129-69-81-41-17-3-18-42-81/h1-60,91-126H,61-78H2/t91-,92-,93-,94-,95-,96-,97-,98-,99-,100-,101-,102-,103+,104+,105+,106+,107+,108+,109-,110-,111-,112-,113-,114-,115-,116-,117-,118-,119-,120-/m1/s1. The number of rotatable bonds is 42. The minimum absolute atomic E-state index is 0.0991. The van der Waals surface area contributed by atoms with Gasteiger partial charge in [-0.15, -0.1) is 0 Å². The molecule has 8 aliphatic heterocycles. The van der Waals surface area contributed by atoms with E-state index in [1.165, 1.54) is 0 Å². The van der Waals surface area contributed by atoms with Gasteiger partial charge in [0.25, 0.3) is 0 Å². The highest BCUT2D eigenvalue weighted by Crippen LogP contribution is 2.46. The van der Waals surface area contributed by atoms with Crippen LogP contribution in [-0.2, 0) is 193 Å². The minimum atomic E-state index is -1.65. The van der Waals surface area contributed by atoms with Crippen LogP contribution in [-0.4, -0.2) is 255 Å². The highest BCUT2D eigenvalue weighted by atomic mass is 16.8. The summed E-state index contributed by atoms with van der Waals surface area (Å²) in [5, 5.41) is 75.5. The van der Waals surface area contributed by atoms with E-state index in [2.05, 4.69) is 0 Å². The van der Waals surface area contributed by atoms with Crippen LogP contribution in [0.15, 0.2) is 364 Å². The van der Waals surface area contributed by atoms with E-state index in [4.69, 9.17) is 114 Å². The van der Waals surface area contributed by atoms with E-state index < -0.39 is 224 Å². The zero-order valence-corrected chi connectivity index (χ0v) is 83.2. The number of hydrogen-bond acceptors (Lipinski definition) is 30. The van der Waals surface area contributed by atoms with Crippen molar-refractivity contribution >= 4 is 0 Å². The molecule has 30 heteroatoms. The van der Waals surface area contributed by atoms with Crippen LogP contribution in [0.1, 0.15) is 66.8 Å². The summed E-state index contributed by atoms with van der Waals surface area (Å²) in [5.74, 6) is 0. The van der Waals surface area contributed by atoms with Crippen LogP contribution in [0.3, 0.4) is 0 Å². The number of ether oxygens (including phenoxy) is 24. The molecule has 6 N–H and O–H groups in total. The molecule has 0 aromatic heterocycles. The van der Waals surface area contributed by atoms with Crippen LogP contribution < -0.4 is 0 Å². The van der Waals surface area contributed by atoms with Gasteiger partial charge in [-0.05, 0) is 66.8 Å². The summed E-state index contributed by atoms with van der Waals surface area (Å²) in [6.07, 6.45) is -44.3. The maximum absolute atomic E-state index is 12.6. The molecule has 12 aromatic rings. The van der Waals surface area contributed by atoms with Gasteiger partial charge < -0.3 is 144 Å². The predicted octanol–water partition coefficient (Wildman–Crippen LogP) is 13.6. The van der Waals surface area contributed by atoms with Gasteiger partial charge in [-0.1, -0.05) is 364 Å². The van der Waals surface area contributed by atoms with Crippen molar-refractivity contribution in [1.82, 2.24) is 0 Å². The first-order chi connectivity index (χ1) is 74.1. The lowest BCUT2D eigenvalue weighted by Crippen LogP contribution is -2.70. The molecule has 0 saturated carbocycles. The molecule has 0 spiro atoms. The van der Waals surface area contributed by atoms with Crippen molar-refractivity contribution in [1.29, 1.82) is 0 Å². The lowest BCUT2D eigenvalue weighted by molar-refractivity contribution is -0.416. The molecule has 8 aliphatic rings. The van der Waals surface area contributed by atoms with E-state index in [0.29, 0.717) is 0 Å². The summed E-state index contributed by atoms with van der Waals surface area (Å²) >= 11 is 0. The quantitative estimate of drug-likeness (QED) is 0.0207. The number of aliphatic hydroxyl groups excluding tert-OH is 6. The van der Waals surface area contributed by atoms with Gasteiger partial charge >= 0.3 is 0 Å². The lowest BCUT2D eigenvalue weighted by Gasteiger charge is -2.53. The largest absolute Gasteiger partial charge is 0.394 e. The molecule has 30 atom stereocenters. The molecule has 12 bridgehead atoms. The van der Waals surface area contributed by atoms with Crippen molar-refractivity contribution < 1.29 is 144 Å². The van der Waals surface area contributed by atoms with E-state index in [9.17, 15) is 30.6 Å². The average Bonchev–Trinajstić information content (AvgIpc) is 0.759. The molecular formula is C120H132O30. The topological polar surface area (TPSA) is 343 Å². The van der Waals surface area contributed by atoms with Gasteiger partial charge in [-0.25, -0.2) is 0 Å². The Balaban J connectivity index is 0.814. The van der Waals surface area contributed by atoms with Crippen molar-refractivity contribution in [2.75, 3.05) is 39.6 Å². The van der Waals surface area contributed by atoms with Crippen molar-refractivity contribution in [2.45, 2.75) is 264 Å². The summed E-state index contributed by atoms with van der Waals surface area (Å²) < 4.78 is 179. The molecule has 0 aliphatic carbocycles. The highest BCUT2D eigenvalue weighted by Gasteiger charge is 2.63. The summed E-state index contributed by atoms with van der Waals surface area (Å²) in [6, 6.07) is 114. The molecule has 0 amide bonds. The Hall–Kier alpha value is -10.6. The molecule has 150 heavy (non-hydrogen) atoms. The molecule has 0 radical (unpaired) electrons. The molecule has 12 aromatic carbocycles. The maximum atomic E-state index is 12.6. The molecule has 8 heterocycles. The first-order valence-electron chi connectivity index (χ1n) is 51.5.